The van der Waals surface area contributed by atoms with Crippen molar-refractivity contribution in [2.24, 2.45) is 0 Å². The van der Waals surface area contributed by atoms with Gasteiger partial charge in [0.25, 0.3) is 11.8 Å². The topological polar surface area (TPSA) is 88.9 Å². The van der Waals surface area contributed by atoms with Crippen molar-refractivity contribution in [3.8, 4) is 0 Å². The van der Waals surface area contributed by atoms with Gasteiger partial charge in [-0.2, -0.15) is 10.1 Å². The van der Waals surface area contributed by atoms with Crippen LogP contribution in [0.3, 0.4) is 0 Å². The number of nitrogens with one attached hydrogen (secondary N) is 2. The van der Waals surface area contributed by atoms with Crippen LogP contribution in [0.4, 0.5) is 5.13 Å². The van der Waals surface area contributed by atoms with Crippen LogP contribution in [0.5, 0.6) is 0 Å². The highest BCUT2D eigenvalue weighted by Gasteiger charge is 2.27. The first-order valence-electron chi connectivity index (χ1n) is 8.84. The summed E-state index contributed by atoms with van der Waals surface area (Å²) in [4.78, 5) is 29.6. The van der Waals surface area contributed by atoms with Crippen LogP contribution in [0.2, 0.25) is 5.02 Å². The van der Waals surface area contributed by atoms with Crippen molar-refractivity contribution in [2.75, 3.05) is 5.32 Å². The third kappa shape index (κ3) is 4.18. The Balaban J connectivity index is 2.00. The second kappa shape index (κ2) is 7.52. The lowest BCUT2D eigenvalue weighted by molar-refractivity contribution is 0.0937. The molecule has 0 spiro atoms. The fourth-order valence-corrected chi connectivity index (χ4v) is 3.71. The highest BCUT2D eigenvalue weighted by atomic mass is 35.5. The second-order valence-electron chi connectivity index (χ2n) is 7.70. The third-order valence-electron chi connectivity index (χ3n) is 3.80. The maximum Gasteiger partial charge on any atom is 0.273 e. The molecule has 0 unspecified atom stereocenters. The van der Waals surface area contributed by atoms with Crippen LogP contribution in [0.1, 0.15) is 55.5 Å². The number of rotatable bonds is 4. The van der Waals surface area contributed by atoms with Gasteiger partial charge < -0.3 is 5.32 Å². The van der Waals surface area contributed by atoms with Gasteiger partial charge in [0, 0.05) is 16.6 Å². The lowest BCUT2D eigenvalue weighted by Crippen LogP contribution is -2.31. The summed E-state index contributed by atoms with van der Waals surface area (Å²) >= 11 is 7.18. The predicted molar refractivity (Wildman–Crippen MR) is 112 cm³/mol. The molecule has 7 nitrogen and oxygen atoms in total. The molecule has 2 amide bonds. The molecule has 2 heterocycles. The van der Waals surface area contributed by atoms with Crippen LogP contribution in [-0.2, 0) is 5.54 Å². The van der Waals surface area contributed by atoms with Gasteiger partial charge in [0.05, 0.1) is 5.54 Å². The Morgan fingerprint density at radius 1 is 1.21 bits per heavy atom. The average molecular weight is 420 g/mol. The molecule has 28 heavy (non-hydrogen) atoms. The van der Waals surface area contributed by atoms with Gasteiger partial charge in [-0.1, -0.05) is 29.0 Å². The molecular weight excluding hydrogens is 398 g/mol. The molecule has 0 aliphatic carbocycles. The molecule has 2 aromatic heterocycles. The molecule has 0 aliphatic heterocycles. The largest absolute Gasteiger partial charge is 0.348 e. The third-order valence-corrected chi connectivity index (χ3v) is 5.00. The molecular formula is C19H22ClN5O2S. The standard InChI is InChI=1S/C19H22ClN5O2S/c1-10(2)21-17(27)13-14-15(25(24-13)19(3,4)5)22-18(28-14)23-16(26)11-7-6-8-12(20)9-11/h6-10H,1-5H3,(H,21,27)(H,22,23,26). The van der Waals surface area contributed by atoms with E-state index in [0.29, 0.717) is 31.8 Å². The Labute approximate surface area is 172 Å². The summed E-state index contributed by atoms with van der Waals surface area (Å²) in [6.45, 7) is 9.71. The van der Waals surface area contributed by atoms with Crippen molar-refractivity contribution in [3.63, 3.8) is 0 Å². The number of nitrogens with zero attached hydrogens (tertiary/aromatic N) is 3. The SMILES string of the molecule is CC(C)NC(=O)c1nn(C(C)(C)C)c2nc(NC(=O)c3cccc(Cl)c3)sc12. The number of amides is 2. The first-order valence-corrected chi connectivity index (χ1v) is 10.0. The van der Waals surface area contributed by atoms with E-state index in [4.69, 9.17) is 11.6 Å². The lowest BCUT2D eigenvalue weighted by Gasteiger charge is -2.19. The summed E-state index contributed by atoms with van der Waals surface area (Å²) in [7, 11) is 0. The van der Waals surface area contributed by atoms with Gasteiger partial charge in [-0.3, -0.25) is 14.9 Å². The number of fused-ring (bicyclic) bond motifs is 1. The number of hydrogen-bond donors (Lipinski definition) is 2. The fraction of sp³-hybridized carbons (Fsp3) is 0.368. The van der Waals surface area contributed by atoms with Crippen molar-refractivity contribution in [1.29, 1.82) is 0 Å². The summed E-state index contributed by atoms with van der Waals surface area (Å²) in [5.41, 5.74) is 0.922. The van der Waals surface area contributed by atoms with E-state index in [9.17, 15) is 9.59 Å². The minimum absolute atomic E-state index is 0.0164. The molecule has 0 bridgehead atoms. The first kappa shape index (κ1) is 20.3. The van der Waals surface area contributed by atoms with E-state index in [0.717, 1.165) is 0 Å². The maximum atomic E-state index is 12.6. The predicted octanol–water partition coefficient (Wildman–Crippen LogP) is 4.29. The van der Waals surface area contributed by atoms with Gasteiger partial charge in [-0.05, 0) is 52.8 Å². The highest BCUT2D eigenvalue weighted by Crippen LogP contribution is 2.32. The Kier molecular flexibility index (Phi) is 5.45. The smallest absolute Gasteiger partial charge is 0.273 e. The molecule has 1 aromatic carbocycles. The Hall–Kier alpha value is -2.45. The normalized spacial score (nSPS) is 11.8. The fourth-order valence-electron chi connectivity index (χ4n) is 2.60. The molecule has 9 heteroatoms. The number of thiazole rings is 1. The van der Waals surface area contributed by atoms with Crippen LogP contribution in [-0.4, -0.2) is 32.6 Å². The molecule has 0 fully saturated rings. The van der Waals surface area contributed by atoms with Crippen molar-refractivity contribution in [2.45, 2.75) is 46.2 Å². The van der Waals surface area contributed by atoms with E-state index in [1.165, 1.54) is 11.3 Å². The van der Waals surface area contributed by atoms with Crippen molar-refractivity contribution in [1.82, 2.24) is 20.1 Å². The molecule has 0 saturated carbocycles. The van der Waals surface area contributed by atoms with Crippen molar-refractivity contribution >= 4 is 50.2 Å². The summed E-state index contributed by atoms with van der Waals surface area (Å²) < 4.78 is 2.35. The quantitative estimate of drug-likeness (QED) is 0.660. The van der Waals surface area contributed by atoms with Gasteiger partial charge in [-0.25, -0.2) is 4.68 Å². The maximum absolute atomic E-state index is 12.6. The second-order valence-corrected chi connectivity index (χ2v) is 9.13. The number of aromatic nitrogens is 3. The summed E-state index contributed by atoms with van der Waals surface area (Å²) in [5.74, 6) is -0.582. The monoisotopic (exact) mass is 419 g/mol. The van der Waals surface area contributed by atoms with Crippen molar-refractivity contribution < 1.29 is 9.59 Å². The van der Waals surface area contributed by atoms with Gasteiger partial charge >= 0.3 is 0 Å². The van der Waals surface area contributed by atoms with Gasteiger partial charge in [0.15, 0.2) is 16.5 Å². The van der Waals surface area contributed by atoms with Crippen LogP contribution in [0.15, 0.2) is 24.3 Å². The van der Waals surface area contributed by atoms with E-state index < -0.39 is 0 Å². The summed E-state index contributed by atoms with van der Waals surface area (Å²) in [6.07, 6.45) is 0. The number of carbonyl (C=O) groups is 2. The zero-order valence-electron chi connectivity index (χ0n) is 16.3. The van der Waals surface area contributed by atoms with E-state index in [1.807, 2.05) is 34.6 Å². The Bertz CT molecular complexity index is 1050. The molecule has 0 atom stereocenters. The zero-order valence-corrected chi connectivity index (χ0v) is 17.9. The van der Waals surface area contributed by atoms with Gasteiger partial charge in [0.2, 0.25) is 0 Å². The number of benzene rings is 1. The van der Waals surface area contributed by atoms with Crippen LogP contribution in [0.25, 0.3) is 10.3 Å². The molecule has 3 aromatic rings. The van der Waals surface area contributed by atoms with E-state index in [1.54, 1.807) is 28.9 Å². The highest BCUT2D eigenvalue weighted by molar-refractivity contribution is 7.22. The lowest BCUT2D eigenvalue weighted by atomic mass is 10.1. The molecule has 0 saturated heterocycles. The Morgan fingerprint density at radius 2 is 1.93 bits per heavy atom. The molecule has 2 N–H and O–H groups in total. The Morgan fingerprint density at radius 3 is 2.54 bits per heavy atom. The molecule has 0 aliphatic rings. The van der Waals surface area contributed by atoms with E-state index >= 15 is 0 Å². The minimum Gasteiger partial charge on any atom is -0.348 e. The van der Waals surface area contributed by atoms with Crippen LogP contribution >= 0.6 is 22.9 Å². The minimum atomic E-state index is -0.378. The van der Waals surface area contributed by atoms with E-state index in [-0.39, 0.29) is 23.4 Å². The zero-order chi connectivity index (χ0) is 20.6. The van der Waals surface area contributed by atoms with Crippen molar-refractivity contribution in [3.05, 3.63) is 40.5 Å². The number of anilines is 1. The van der Waals surface area contributed by atoms with Crippen LogP contribution in [0, 0.1) is 0 Å². The van der Waals surface area contributed by atoms with E-state index in [2.05, 4.69) is 20.7 Å². The molecule has 0 radical (unpaired) electrons. The summed E-state index contributed by atoms with van der Waals surface area (Å²) in [6, 6.07) is 6.65. The number of hydrogen-bond acceptors (Lipinski definition) is 5. The first-order chi connectivity index (χ1) is 13.1. The van der Waals surface area contributed by atoms with Gasteiger partial charge in [0.1, 0.15) is 4.70 Å². The summed E-state index contributed by atoms with van der Waals surface area (Å²) in [5, 5.41) is 11.0. The van der Waals surface area contributed by atoms with Gasteiger partial charge in [-0.15, -0.1) is 0 Å². The number of carbonyl (C=O) groups excluding carboxylic acids is 2. The average Bonchev–Trinajstić information content (AvgIpc) is 3.11. The van der Waals surface area contributed by atoms with Crippen LogP contribution < -0.4 is 10.6 Å². The number of halogens is 1. The molecule has 148 valence electrons. The molecule has 3 rings (SSSR count).